The van der Waals surface area contributed by atoms with Crippen molar-refractivity contribution < 1.29 is 9.53 Å². The van der Waals surface area contributed by atoms with Crippen LogP contribution in [-0.2, 0) is 0 Å². The molecular formula is C13H18BrClN2O2. The Morgan fingerprint density at radius 1 is 1.53 bits per heavy atom. The van der Waals surface area contributed by atoms with Gasteiger partial charge in [0.25, 0.3) is 5.91 Å². The monoisotopic (exact) mass is 348 g/mol. The molecule has 1 fully saturated rings. The van der Waals surface area contributed by atoms with Gasteiger partial charge >= 0.3 is 0 Å². The van der Waals surface area contributed by atoms with Crippen LogP contribution in [0.2, 0.25) is 0 Å². The summed E-state index contributed by atoms with van der Waals surface area (Å²) in [5.74, 6) is 0.625. The molecule has 1 aliphatic heterocycles. The van der Waals surface area contributed by atoms with Crippen LogP contribution in [0.3, 0.4) is 0 Å². The third-order valence-corrected chi connectivity index (χ3v) is 3.74. The van der Waals surface area contributed by atoms with E-state index in [-0.39, 0.29) is 24.4 Å². The molecule has 0 aromatic heterocycles. The first-order chi connectivity index (χ1) is 8.70. The largest absolute Gasteiger partial charge is 0.497 e. The predicted molar refractivity (Wildman–Crippen MR) is 81.3 cm³/mol. The molecule has 1 atom stereocenters. The standard InChI is InChI=1S/C13H17BrN2O2.ClH/c1-18-10-4-5-12(14)11(7-10)13(17)16-9-3-2-6-15-8-9;/h4-5,7,9,15H,2-3,6,8H2,1H3,(H,16,17);1H. The van der Waals surface area contributed by atoms with Gasteiger partial charge in [-0.3, -0.25) is 4.79 Å². The Hall–Kier alpha value is -0.780. The molecule has 1 aromatic carbocycles. The fourth-order valence-corrected chi connectivity index (χ4v) is 2.47. The van der Waals surface area contributed by atoms with Gasteiger partial charge in [0, 0.05) is 17.1 Å². The Bertz CT molecular complexity index is 437. The molecule has 0 spiro atoms. The molecule has 0 bridgehead atoms. The number of methoxy groups -OCH3 is 1. The second kappa shape index (κ2) is 7.72. The van der Waals surface area contributed by atoms with Crippen molar-refractivity contribution in [2.45, 2.75) is 18.9 Å². The summed E-state index contributed by atoms with van der Waals surface area (Å²) in [5.41, 5.74) is 0.611. The van der Waals surface area contributed by atoms with E-state index in [2.05, 4.69) is 26.6 Å². The van der Waals surface area contributed by atoms with E-state index < -0.39 is 0 Å². The van der Waals surface area contributed by atoms with Crippen LogP contribution >= 0.6 is 28.3 Å². The Morgan fingerprint density at radius 2 is 2.32 bits per heavy atom. The van der Waals surface area contributed by atoms with Crippen molar-refractivity contribution in [3.8, 4) is 5.75 Å². The van der Waals surface area contributed by atoms with Gasteiger partial charge in [0.15, 0.2) is 0 Å². The van der Waals surface area contributed by atoms with Gasteiger partial charge in [-0.2, -0.15) is 0 Å². The number of benzene rings is 1. The number of halogens is 2. The van der Waals surface area contributed by atoms with E-state index in [1.807, 2.05) is 12.1 Å². The van der Waals surface area contributed by atoms with Crippen molar-refractivity contribution in [1.29, 1.82) is 0 Å². The molecule has 1 amide bonds. The van der Waals surface area contributed by atoms with Crippen LogP contribution in [0.5, 0.6) is 5.75 Å². The summed E-state index contributed by atoms with van der Waals surface area (Å²) >= 11 is 3.39. The molecule has 2 N–H and O–H groups in total. The highest BCUT2D eigenvalue weighted by Gasteiger charge is 2.18. The number of nitrogens with one attached hydrogen (secondary N) is 2. The van der Waals surface area contributed by atoms with E-state index in [9.17, 15) is 4.79 Å². The van der Waals surface area contributed by atoms with Crippen LogP contribution in [0.1, 0.15) is 23.2 Å². The van der Waals surface area contributed by atoms with Crippen LogP contribution in [0.15, 0.2) is 22.7 Å². The Balaban J connectivity index is 0.00000180. The first kappa shape index (κ1) is 16.3. The number of carbonyl (C=O) groups is 1. The molecule has 106 valence electrons. The number of piperidine rings is 1. The molecule has 6 heteroatoms. The summed E-state index contributed by atoms with van der Waals surface area (Å²) < 4.78 is 5.92. The van der Waals surface area contributed by atoms with Gasteiger partial charge in [-0.15, -0.1) is 12.4 Å². The van der Waals surface area contributed by atoms with Crippen LogP contribution in [0, 0.1) is 0 Å². The molecule has 1 aromatic rings. The van der Waals surface area contributed by atoms with Crippen molar-refractivity contribution in [2.24, 2.45) is 0 Å². The third kappa shape index (κ3) is 4.37. The maximum Gasteiger partial charge on any atom is 0.252 e. The molecule has 1 aliphatic rings. The maximum atomic E-state index is 12.2. The van der Waals surface area contributed by atoms with Crippen LogP contribution < -0.4 is 15.4 Å². The van der Waals surface area contributed by atoms with Crippen molar-refractivity contribution in [1.82, 2.24) is 10.6 Å². The minimum atomic E-state index is -0.0607. The minimum absolute atomic E-state index is 0. The van der Waals surface area contributed by atoms with Gasteiger partial charge in [-0.1, -0.05) is 0 Å². The second-order valence-corrected chi connectivity index (χ2v) is 5.22. The van der Waals surface area contributed by atoms with Gasteiger partial charge < -0.3 is 15.4 Å². The number of hydrogen-bond donors (Lipinski definition) is 2. The lowest BCUT2D eigenvalue weighted by Gasteiger charge is -2.24. The Kier molecular flexibility index (Phi) is 6.62. The summed E-state index contributed by atoms with van der Waals surface area (Å²) in [7, 11) is 1.59. The molecule has 0 aliphatic carbocycles. The van der Waals surface area contributed by atoms with Crippen LogP contribution in [0.4, 0.5) is 0 Å². The minimum Gasteiger partial charge on any atom is -0.497 e. The smallest absolute Gasteiger partial charge is 0.252 e. The SMILES string of the molecule is COc1ccc(Br)c(C(=O)NC2CCCNC2)c1.Cl. The van der Waals surface area contributed by atoms with Gasteiger partial charge in [0.1, 0.15) is 5.75 Å². The maximum absolute atomic E-state index is 12.2. The zero-order valence-corrected chi connectivity index (χ0v) is 13.1. The van der Waals surface area contributed by atoms with Crippen LogP contribution in [-0.4, -0.2) is 32.1 Å². The van der Waals surface area contributed by atoms with Gasteiger partial charge in [-0.05, 0) is 53.5 Å². The van der Waals surface area contributed by atoms with Crippen molar-refractivity contribution in [2.75, 3.05) is 20.2 Å². The van der Waals surface area contributed by atoms with E-state index in [0.717, 1.165) is 30.4 Å². The highest BCUT2D eigenvalue weighted by molar-refractivity contribution is 9.10. The molecule has 4 nitrogen and oxygen atoms in total. The zero-order valence-electron chi connectivity index (χ0n) is 10.7. The fourth-order valence-electron chi connectivity index (χ4n) is 2.04. The number of carbonyl (C=O) groups excluding carboxylic acids is 1. The number of amides is 1. The number of hydrogen-bond acceptors (Lipinski definition) is 3. The molecule has 0 radical (unpaired) electrons. The topological polar surface area (TPSA) is 50.4 Å². The van der Waals surface area contributed by atoms with E-state index in [1.54, 1.807) is 13.2 Å². The lowest BCUT2D eigenvalue weighted by atomic mass is 10.1. The zero-order chi connectivity index (χ0) is 13.0. The van der Waals surface area contributed by atoms with Crippen molar-refractivity contribution in [3.63, 3.8) is 0 Å². The van der Waals surface area contributed by atoms with E-state index >= 15 is 0 Å². The van der Waals surface area contributed by atoms with Crippen LogP contribution in [0.25, 0.3) is 0 Å². The third-order valence-electron chi connectivity index (χ3n) is 3.05. The van der Waals surface area contributed by atoms with Gasteiger partial charge in [0.05, 0.1) is 12.7 Å². The quantitative estimate of drug-likeness (QED) is 0.881. The summed E-state index contributed by atoms with van der Waals surface area (Å²) in [4.78, 5) is 12.2. The average Bonchev–Trinajstić information content (AvgIpc) is 2.40. The first-order valence-electron chi connectivity index (χ1n) is 6.06. The lowest BCUT2D eigenvalue weighted by molar-refractivity contribution is 0.0929. The second-order valence-electron chi connectivity index (χ2n) is 4.36. The Labute approximate surface area is 127 Å². The van der Waals surface area contributed by atoms with E-state index in [1.165, 1.54) is 0 Å². The summed E-state index contributed by atoms with van der Waals surface area (Å²) in [5, 5.41) is 6.32. The highest BCUT2D eigenvalue weighted by Crippen LogP contribution is 2.22. The molecule has 0 saturated carbocycles. The fraction of sp³-hybridized carbons (Fsp3) is 0.462. The Morgan fingerprint density at radius 3 is 2.95 bits per heavy atom. The lowest BCUT2D eigenvalue weighted by Crippen LogP contribution is -2.45. The molecular weight excluding hydrogens is 332 g/mol. The molecule has 2 rings (SSSR count). The normalized spacial score (nSPS) is 18.3. The van der Waals surface area contributed by atoms with Crippen molar-refractivity contribution >= 4 is 34.2 Å². The van der Waals surface area contributed by atoms with Crippen molar-refractivity contribution in [3.05, 3.63) is 28.2 Å². The average molecular weight is 350 g/mol. The van der Waals surface area contributed by atoms with E-state index in [0.29, 0.717) is 11.3 Å². The summed E-state index contributed by atoms with van der Waals surface area (Å²) in [6.45, 7) is 1.88. The predicted octanol–water partition coefficient (Wildman–Crippen LogP) is 2.36. The van der Waals surface area contributed by atoms with Gasteiger partial charge in [-0.25, -0.2) is 0 Å². The number of ether oxygens (including phenoxy) is 1. The highest BCUT2D eigenvalue weighted by atomic mass is 79.9. The molecule has 1 unspecified atom stereocenters. The summed E-state index contributed by atoms with van der Waals surface area (Å²) in [6, 6.07) is 5.61. The van der Waals surface area contributed by atoms with E-state index in [4.69, 9.17) is 4.74 Å². The summed E-state index contributed by atoms with van der Waals surface area (Å²) in [6.07, 6.45) is 2.13. The molecule has 1 saturated heterocycles. The first-order valence-corrected chi connectivity index (χ1v) is 6.85. The number of rotatable bonds is 3. The molecule has 19 heavy (non-hydrogen) atoms. The van der Waals surface area contributed by atoms with Gasteiger partial charge in [0.2, 0.25) is 0 Å². The molecule has 1 heterocycles.